The average Bonchev–Trinajstić information content (AvgIpc) is 2.28. The zero-order chi connectivity index (χ0) is 13.7. The summed E-state index contributed by atoms with van der Waals surface area (Å²) in [4.78, 5) is 2.40. The van der Waals surface area contributed by atoms with Crippen molar-refractivity contribution in [2.75, 3.05) is 19.0 Å². The van der Waals surface area contributed by atoms with Gasteiger partial charge in [0.05, 0.1) is 0 Å². The van der Waals surface area contributed by atoms with Crippen LogP contribution in [0.5, 0.6) is 0 Å². The summed E-state index contributed by atoms with van der Waals surface area (Å²) in [6.45, 7) is 10.0. The van der Waals surface area contributed by atoms with Crippen LogP contribution in [0.4, 0.5) is 5.69 Å². The Morgan fingerprint density at radius 2 is 1.89 bits per heavy atom. The first-order valence-corrected chi connectivity index (χ1v) is 6.92. The fourth-order valence-electron chi connectivity index (χ4n) is 2.51. The second-order valence-electron chi connectivity index (χ2n) is 5.74. The van der Waals surface area contributed by atoms with Crippen LogP contribution >= 0.6 is 0 Å². The lowest BCUT2D eigenvalue weighted by atomic mass is 10.0. The van der Waals surface area contributed by atoms with E-state index in [4.69, 9.17) is 0 Å². The molecule has 1 aromatic rings. The van der Waals surface area contributed by atoms with Crippen molar-refractivity contribution in [2.24, 2.45) is 5.92 Å². The van der Waals surface area contributed by atoms with E-state index in [1.165, 1.54) is 23.2 Å². The fraction of sp³-hybridized carbons (Fsp3) is 0.625. The Morgan fingerprint density at radius 3 is 2.39 bits per heavy atom. The summed E-state index contributed by atoms with van der Waals surface area (Å²) in [5.74, 6) is 0.742. The number of aryl methyl sites for hydroxylation is 1. The van der Waals surface area contributed by atoms with Gasteiger partial charge in [-0.3, -0.25) is 0 Å². The van der Waals surface area contributed by atoms with E-state index in [2.05, 4.69) is 63.2 Å². The molecule has 1 N–H and O–H groups in total. The molecule has 1 rings (SSSR count). The highest BCUT2D eigenvalue weighted by Crippen LogP contribution is 2.24. The van der Waals surface area contributed by atoms with Crippen molar-refractivity contribution in [3.63, 3.8) is 0 Å². The van der Waals surface area contributed by atoms with Crippen molar-refractivity contribution in [1.29, 1.82) is 0 Å². The molecule has 0 saturated heterocycles. The minimum Gasteiger partial charge on any atom is -0.372 e. The number of nitrogens with zero attached hydrogens (tertiary/aromatic N) is 1. The molecule has 0 spiro atoms. The predicted molar refractivity (Wildman–Crippen MR) is 81.3 cm³/mol. The third-order valence-corrected chi connectivity index (χ3v) is 3.50. The second-order valence-corrected chi connectivity index (χ2v) is 5.74. The molecule has 0 aliphatic carbocycles. The third kappa shape index (κ3) is 4.02. The van der Waals surface area contributed by atoms with Gasteiger partial charge in [0.1, 0.15) is 0 Å². The van der Waals surface area contributed by atoms with Crippen molar-refractivity contribution in [3.8, 4) is 0 Å². The quantitative estimate of drug-likeness (QED) is 0.827. The maximum Gasteiger partial charge on any atom is 0.0395 e. The standard InChI is InChI=1S/C16H28N2/c1-12(2)9-14(4)18(6)16-8-7-15(11-17-5)10-13(16)3/h7-8,10,12,14,17H,9,11H2,1-6H3. The lowest BCUT2D eigenvalue weighted by Crippen LogP contribution is -2.30. The molecule has 0 fully saturated rings. The summed E-state index contributed by atoms with van der Waals surface area (Å²) in [5.41, 5.74) is 4.06. The zero-order valence-corrected chi connectivity index (χ0v) is 12.7. The predicted octanol–water partition coefficient (Wildman–Crippen LogP) is 3.59. The highest BCUT2D eigenvalue weighted by Gasteiger charge is 2.13. The van der Waals surface area contributed by atoms with Crippen LogP contribution in [-0.2, 0) is 6.54 Å². The molecule has 102 valence electrons. The summed E-state index contributed by atoms with van der Waals surface area (Å²) >= 11 is 0. The number of hydrogen-bond acceptors (Lipinski definition) is 2. The Balaban J connectivity index is 2.82. The van der Waals surface area contributed by atoms with Gasteiger partial charge in [0.15, 0.2) is 0 Å². The van der Waals surface area contributed by atoms with E-state index in [-0.39, 0.29) is 0 Å². The van der Waals surface area contributed by atoms with Crippen LogP contribution < -0.4 is 10.2 Å². The van der Waals surface area contributed by atoms with Gasteiger partial charge in [0, 0.05) is 25.3 Å². The van der Waals surface area contributed by atoms with Crippen LogP contribution in [0.2, 0.25) is 0 Å². The Morgan fingerprint density at radius 1 is 1.22 bits per heavy atom. The first-order valence-electron chi connectivity index (χ1n) is 6.92. The average molecular weight is 248 g/mol. The molecule has 18 heavy (non-hydrogen) atoms. The van der Waals surface area contributed by atoms with Crippen molar-refractivity contribution in [1.82, 2.24) is 5.32 Å². The summed E-state index contributed by atoms with van der Waals surface area (Å²) in [6, 6.07) is 7.33. The lowest BCUT2D eigenvalue weighted by molar-refractivity contribution is 0.503. The van der Waals surface area contributed by atoms with Gasteiger partial charge in [-0.2, -0.15) is 0 Å². The van der Waals surface area contributed by atoms with E-state index in [0.29, 0.717) is 6.04 Å². The molecule has 0 saturated carbocycles. The SMILES string of the molecule is CNCc1ccc(N(C)C(C)CC(C)C)c(C)c1. The molecule has 0 bridgehead atoms. The molecule has 0 aromatic heterocycles. The molecule has 1 atom stereocenters. The molecule has 2 heteroatoms. The van der Waals surface area contributed by atoms with Crippen molar-refractivity contribution < 1.29 is 0 Å². The molecule has 2 nitrogen and oxygen atoms in total. The molecule has 0 radical (unpaired) electrons. The number of nitrogens with one attached hydrogen (secondary N) is 1. The smallest absolute Gasteiger partial charge is 0.0395 e. The third-order valence-electron chi connectivity index (χ3n) is 3.50. The number of anilines is 1. The van der Waals surface area contributed by atoms with Crippen molar-refractivity contribution >= 4 is 5.69 Å². The van der Waals surface area contributed by atoms with E-state index in [9.17, 15) is 0 Å². The molecule has 0 aliphatic rings. The first-order chi connectivity index (χ1) is 8.45. The van der Waals surface area contributed by atoms with E-state index in [0.717, 1.165) is 12.5 Å². The topological polar surface area (TPSA) is 15.3 Å². The Hall–Kier alpha value is -1.02. The van der Waals surface area contributed by atoms with Gasteiger partial charge >= 0.3 is 0 Å². The number of rotatable bonds is 6. The highest BCUT2D eigenvalue weighted by molar-refractivity contribution is 5.54. The van der Waals surface area contributed by atoms with E-state index >= 15 is 0 Å². The molecule has 1 aromatic carbocycles. The van der Waals surface area contributed by atoms with Gasteiger partial charge in [-0.15, -0.1) is 0 Å². The van der Waals surface area contributed by atoms with Gasteiger partial charge in [-0.1, -0.05) is 26.0 Å². The number of hydrogen-bond donors (Lipinski definition) is 1. The Labute approximate surface area is 112 Å². The first kappa shape index (κ1) is 15.0. The van der Waals surface area contributed by atoms with Gasteiger partial charge in [0.2, 0.25) is 0 Å². The van der Waals surface area contributed by atoms with Crippen molar-refractivity contribution in [3.05, 3.63) is 29.3 Å². The zero-order valence-electron chi connectivity index (χ0n) is 12.7. The van der Waals surface area contributed by atoms with Gasteiger partial charge in [-0.05, 0) is 50.4 Å². The van der Waals surface area contributed by atoms with Crippen LogP contribution in [0.25, 0.3) is 0 Å². The van der Waals surface area contributed by atoms with Crippen LogP contribution in [0.3, 0.4) is 0 Å². The molecule has 0 amide bonds. The minimum absolute atomic E-state index is 0.582. The molecular weight excluding hydrogens is 220 g/mol. The summed E-state index contributed by atoms with van der Waals surface area (Å²) in [7, 11) is 4.19. The maximum absolute atomic E-state index is 3.20. The lowest BCUT2D eigenvalue weighted by Gasteiger charge is -2.30. The number of benzene rings is 1. The van der Waals surface area contributed by atoms with Crippen molar-refractivity contribution in [2.45, 2.75) is 46.7 Å². The normalized spacial score (nSPS) is 12.8. The second kappa shape index (κ2) is 6.79. The molecular formula is C16H28N2. The van der Waals surface area contributed by atoms with Crippen LogP contribution in [0, 0.1) is 12.8 Å². The summed E-state index contributed by atoms with van der Waals surface area (Å²) < 4.78 is 0. The fourth-order valence-corrected chi connectivity index (χ4v) is 2.51. The minimum atomic E-state index is 0.582. The Kier molecular flexibility index (Phi) is 5.67. The van der Waals surface area contributed by atoms with Crippen LogP contribution in [0.15, 0.2) is 18.2 Å². The van der Waals surface area contributed by atoms with Crippen LogP contribution in [-0.4, -0.2) is 20.1 Å². The Bertz CT molecular complexity index is 371. The van der Waals surface area contributed by atoms with E-state index < -0.39 is 0 Å². The molecule has 0 heterocycles. The summed E-state index contributed by atoms with van der Waals surface area (Å²) in [6.07, 6.45) is 1.23. The van der Waals surface area contributed by atoms with Crippen LogP contribution in [0.1, 0.15) is 38.3 Å². The monoisotopic (exact) mass is 248 g/mol. The van der Waals surface area contributed by atoms with Gasteiger partial charge in [0.25, 0.3) is 0 Å². The van der Waals surface area contributed by atoms with Gasteiger partial charge < -0.3 is 10.2 Å². The largest absolute Gasteiger partial charge is 0.372 e. The van der Waals surface area contributed by atoms with E-state index in [1.807, 2.05) is 7.05 Å². The maximum atomic E-state index is 3.20. The highest BCUT2D eigenvalue weighted by atomic mass is 15.1. The molecule has 0 aliphatic heterocycles. The summed E-state index contributed by atoms with van der Waals surface area (Å²) in [5, 5.41) is 3.20. The van der Waals surface area contributed by atoms with E-state index in [1.54, 1.807) is 0 Å². The van der Waals surface area contributed by atoms with Gasteiger partial charge in [-0.25, -0.2) is 0 Å². The molecule has 1 unspecified atom stereocenters.